The van der Waals surface area contributed by atoms with Crippen LogP contribution in [0.2, 0.25) is 0 Å². The number of ether oxygens (including phenoxy) is 1. The Labute approximate surface area is 301 Å². The molecule has 272 valence electrons. The maximum atomic E-state index is 16.8. The van der Waals surface area contributed by atoms with Crippen molar-refractivity contribution in [2.24, 2.45) is 5.92 Å². The minimum atomic E-state index is -1.06. The van der Waals surface area contributed by atoms with Gasteiger partial charge in [0.2, 0.25) is 0 Å². The lowest BCUT2D eigenvalue weighted by molar-refractivity contribution is -0.128. The fraction of sp³-hybridized carbons (Fsp3) is 0.316. The van der Waals surface area contributed by atoms with E-state index in [-0.39, 0.29) is 108 Å². The number of fused-ring (bicyclic) bond motifs is 2. The van der Waals surface area contributed by atoms with Crippen LogP contribution in [-0.4, -0.2) is 93.1 Å². The number of amides is 1. The molecular formula is C38H34F4N8O3. The Balaban J connectivity index is 1.25. The van der Waals surface area contributed by atoms with E-state index in [0.29, 0.717) is 18.4 Å². The highest BCUT2D eigenvalue weighted by atomic mass is 19.1. The number of carbonyl (C=O) groups excluding carboxylic acids is 1. The van der Waals surface area contributed by atoms with Gasteiger partial charge in [0.1, 0.15) is 34.8 Å². The first-order chi connectivity index (χ1) is 25.7. The van der Waals surface area contributed by atoms with Crippen LogP contribution in [0.4, 0.5) is 23.4 Å². The third-order valence-corrected chi connectivity index (χ3v) is 9.40. The van der Waals surface area contributed by atoms with Gasteiger partial charge in [-0.25, -0.2) is 17.6 Å². The normalized spacial score (nSPS) is 18.4. The lowest BCUT2D eigenvalue weighted by Crippen LogP contribution is -2.49. The van der Waals surface area contributed by atoms with E-state index in [9.17, 15) is 23.1 Å². The second-order valence-electron chi connectivity index (χ2n) is 12.9. The first kappa shape index (κ1) is 35.5. The molecule has 15 heteroatoms. The van der Waals surface area contributed by atoms with E-state index in [1.807, 2.05) is 0 Å². The van der Waals surface area contributed by atoms with E-state index in [0.717, 1.165) is 12.5 Å². The van der Waals surface area contributed by atoms with Crippen LogP contribution >= 0.6 is 0 Å². The van der Waals surface area contributed by atoms with Crippen LogP contribution in [-0.2, 0) is 4.79 Å². The highest BCUT2D eigenvalue weighted by Crippen LogP contribution is 2.39. The lowest BCUT2D eigenvalue weighted by atomic mass is 9.96. The molecular weight excluding hydrogens is 692 g/mol. The first-order valence-corrected chi connectivity index (χ1v) is 17.1. The lowest BCUT2D eigenvalue weighted by Gasteiger charge is -2.35. The standard InChI is InChI=1S/C38H34F4N8O3/c1-2-27-30(40)8-7-23-16-26(51)18-28(32(23)27)34-33(42)35-29(20-44-34)36(47-38(46-35)53-21-22-5-3-9-43-19-24(39)15-22)49-11-13-50(14-12-49)37(52)31(41)17-25-6-4-10-45-48-25/h1,4,6-8,10,16-18,20,22,24,43,51H,3,5,9,11-15,19,21H2/b31-17-/t22-,24-/m1/s1. The molecule has 5 heterocycles. The topological polar surface area (TPSA) is 129 Å². The molecule has 2 atom stereocenters. The minimum absolute atomic E-state index is 0.0512. The molecule has 0 radical (unpaired) electrons. The van der Waals surface area contributed by atoms with Crippen molar-refractivity contribution in [3.05, 3.63) is 77.5 Å². The number of hydrogen-bond donors (Lipinski definition) is 2. The fourth-order valence-corrected chi connectivity index (χ4v) is 6.80. The average molecular weight is 727 g/mol. The van der Waals surface area contributed by atoms with Gasteiger partial charge in [-0.15, -0.1) is 6.42 Å². The number of anilines is 1. The Bertz CT molecular complexity index is 2240. The van der Waals surface area contributed by atoms with Gasteiger partial charge >= 0.3 is 6.01 Å². The smallest absolute Gasteiger partial charge is 0.319 e. The molecule has 1 amide bonds. The molecule has 53 heavy (non-hydrogen) atoms. The number of carbonyl (C=O) groups is 1. The molecule has 0 bridgehead atoms. The van der Waals surface area contributed by atoms with E-state index >= 15 is 4.39 Å². The zero-order valence-corrected chi connectivity index (χ0v) is 28.4. The largest absolute Gasteiger partial charge is 0.508 e. The second kappa shape index (κ2) is 15.4. The number of aromatic nitrogens is 5. The SMILES string of the molecule is C#Cc1c(F)ccc2cc(O)cc(-c3ncc4c(N5CCN(C(=O)/C(F)=C/c6cccnn6)CC5)nc(OC[C@@H]5CCCNC[C@H](F)C5)nc4c3F)c12. The van der Waals surface area contributed by atoms with Gasteiger partial charge in [0.15, 0.2) is 11.6 Å². The van der Waals surface area contributed by atoms with Crippen molar-refractivity contribution < 1.29 is 32.2 Å². The predicted molar refractivity (Wildman–Crippen MR) is 190 cm³/mol. The molecule has 7 rings (SSSR count). The number of alkyl halides is 1. The van der Waals surface area contributed by atoms with E-state index in [1.165, 1.54) is 47.6 Å². The van der Waals surface area contributed by atoms with Crippen molar-refractivity contribution in [3.8, 4) is 35.4 Å². The molecule has 0 saturated carbocycles. The summed E-state index contributed by atoms with van der Waals surface area (Å²) in [5.41, 5.74) is -0.294. The number of aromatic hydroxyl groups is 1. The fourth-order valence-electron chi connectivity index (χ4n) is 6.80. The van der Waals surface area contributed by atoms with Crippen LogP contribution in [0.1, 0.15) is 30.5 Å². The Morgan fingerprint density at radius 1 is 1.15 bits per heavy atom. The van der Waals surface area contributed by atoms with Crippen molar-refractivity contribution in [2.45, 2.75) is 25.4 Å². The van der Waals surface area contributed by atoms with Crippen LogP contribution < -0.4 is 15.0 Å². The third-order valence-electron chi connectivity index (χ3n) is 9.40. The van der Waals surface area contributed by atoms with Crippen molar-refractivity contribution in [3.63, 3.8) is 0 Å². The monoisotopic (exact) mass is 726 g/mol. The van der Waals surface area contributed by atoms with Crippen LogP contribution in [0.15, 0.2) is 54.6 Å². The van der Waals surface area contributed by atoms with Crippen LogP contribution in [0.3, 0.4) is 0 Å². The number of halogens is 4. The number of nitrogens with zero attached hydrogens (tertiary/aromatic N) is 7. The summed E-state index contributed by atoms with van der Waals surface area (Å²) in [5, 5.41) is 21.9. The van der Waals surface area contributed by atoms with Gasteiger partial charge in [-0.1, -0.05) is 12.0 Å². The van der Waals surface area contributed by atoms with E-state index in [1.54, 1.807) is 11.0 Å². The summed E-state index contributed by atoms with van der Waals surface area (Å²) in [7, 11) is 0. The average Bonchev–Trinajstić information content (AvgIpc) is 3.15. The number of hydrogen-bond acceptors (Lipinski definition) is 10. The van der Waals surface area contributed by atoms with Crippen molar-refractivity contribution in [2.75, 3.05) is 50.8 Å². The molecule has 2 fully saturated rings. The number of benzene rings is 2. The van der Waals surface area contributed by atoms with Crippen molar-refractivity contribution in [1.82, 2.24) is 35.4 Å². The summed E-state index contributed by atoms with van der Waals surface area (Å²) < 4.78 is 67.2. The van der Waals surface area contributed by atoms with E-state index < -0.39 is 29.5 Å². The highest BCUT2D eigenvalue weighted by molar-refractivity contribution is 6.03. The van der Waals surface area contributed by atoms with Crippen LogP contribution in [0.5, 0.6) is 11.8 Å². The van der Waals surface area contributed by atoms with Crippen LogP contribution in [0.25, 0.3) is 39.0 Å². The molecule has 3 aromatic heterocycles. The number of piperazine rings is 1. The van der Waals surface area contributed by atoms with Gasteiger partial charge in [-0.3, -0.25) is 9.78 Å². The van der Waals surface area contributed by atoms with Gasteiger partial charge < -0.3 is 25.0 Å². The number of phenols is 1. The number of pyridine rings is 1. The number of nitrogens with one attached hydrogen (secondary N) is 1. The molecule has 11 nitrogen and oxygen atoms in total. The van der Waals surface area contributed by atoms with Gasteiger partial charge in [0, 0.05) is 62.1 Å². The minimum Gasteiger partial charge on any atom is -0.508 e. The van der Waals surface area contributed by atoms with Gasteiger partial charge in [-0.2, -0.15) is 20.2 Å². The van der Waals surface area contributed by atoms with Crippen LogP contribution in [0, 0.1) is 29.9 Å². The zero-order chi connectivity index (χ0) is 37.1. The predicted octanol–water partition coefficient (Wildman–Crippen LogP) is 5.37. The Morgan fingerprint density at radius 3 is 2.75 bits per heavy atom. The quantitative estimate of drug-likeness (QED) is 0.128. The zero-order valence-electron chi connectivity index (χ0n) is 28.4. The molecule has 2 saturated heterocycles. The summed E-state index contributed by atoms with van der Waals surface area (Å²) in [6.45, 7) is 1.63. The first-order valence-electron chi connectivity index (χ1n) is 17.1. The molecule has 0 aliphatic carbocycles. The molecule has 2 aliphatic rings. The van der Waals surface area contributed by atoms with Gasteiger partial charge in [-0.05, 0) is 67.4 Å². The van der Waals surface area contributed by atoms with E-state index in [4.69, 9.17) is 11.2 Å². The van der Waals surface area contributed by atoms with Gasteiger partial charge in [0.25, 0.3) is 5.91 Å². The molecule has 0 unspecified atom stereocenters. The summed E-state index contributed by atoms with van der Waals surface area (Å²) in [6, 6.07) is 8.18. The molecule has 5 aromatic rings. The van der Waals surface area contributed by atoms with E-state index in [2.05, 4.69) is 36.4 Å². The molecule has 2 N–H and O–H groups in total. The summed E-state index contributed by atoms with van der Waals surface area (Å²) in [5.74, 6) is -1.18. The Hall–Kier alpha value is -5.88. The highest BCUT2D eigenvalue weighted by Gasteiger charge is 2.29. The maximum Gasteiger partial charge on any atom is 0.319 e. The number of terminal acetylenes is 1. The number of rotatable bonds is 7. The number of phenolic OH excluding ortho intramolecular Hbond substituents is 1. The molecule has 2 aliphatic heterocycles. The Morgan fingerprint density at radius 2 is 1.98 bits per heavy atom. The van der Waals surface area contributed by atoms with Crippen molar-refractivity contribution >= 4 is 39.5 Å². The summed E-state index contributed by atoms with van der Waals surface area (Å²) in [4.78, 5) is 29.6. The third kappa shape index (κ3) is 7.54. The Kier molecular flexibility index (Phi) is 10.3. The maximum absolute atomic E-state index is 16.8. The summed E-state index contributed by atoms with van der Waals surface area (Å²) in [6.07, 6.45) is 10.2. The van der Waals surface area contributed by atoms with Gasteiger partial charge in [0.05, 0.1) is 23.3 Å². The van der Waals surface area contributed by atoms with Crippen molar-refractivity contribution in [1.29, 1.82) is 0 Å². The molecule has 2 aromatic carbocycles. The summed E-state index contributed by atoms with van der Waals surface area (Å²) >= 11 is 0. The second-order valence-corrected chi connectivity index (χ2v) is 12.9. The molecule has 0 spiro atoms.